The summed E-state index contributed by atoms with van der Waals surface area (Å²) in [5, 5.41) is 24.2. The van der Waals surface area contributed by atoms with Gasteiger partial charge in [-0.25, -0.2) is 0 Å². The molecule has 0 aromatic rings. The van der Waals surface area contributed by atoms with Crippen molar-refractivity contribution < 1.29 is 34.8 Å². The second-order valence-electron chi connectivity index (χ2n) is 3.28. The molecule has 0 atom stereocenters. The number of hydrogen-bond donors (Lipinski definition) is 3. The minimum Gasteiger partial charge on any atom is -0.394 e. The van der Waals surface area contributed by atoms with E-state index in [9.17, 15) is 0 Å². The molecule has 0 saturated carbocycles. The number of aliphatic hydroxyl groups is 3. The van der Waals surface area contributed by atoms with Gasteiger partial charge in [-0.2, -0.15) is 0 Å². The van der Waals surface area contributed by atoms with Gasteiger partial charge in [-0.15, -0.1) is 0 Å². The van der Waals surface area contributed by atoms with Gasteiger partial charge in [0.05, 0.1) is 0 Å². The summed E-state index contributed by atoms with van der Waals surface area (Å²) < 4.78 is 0. The van der Waals surface area contributed by atoms with Crippen molar-refractivity contribution in [3.63, 3.8) is 0 Å². The van der Waals surface area contributed by atoms with Gasteiger partial charge >= 0.3 is 0 Å². The van der Waals surface area contributed by atoms with Crippen molar-refractivity contribution in [1.82, 2.24) is 0 Å². The zero-order chi connectivity index (χ0) is 10.7. The van der Waals surface area contributed by atoms with Crippen molar-refractivity contribution in [2.24, 2.45) is 0 Å². The Morgan fingerprint density at radius 3 is 0.538 bits per heavy atom. The molecule has 13 heavy (non-hydrogen) atoms. The van der Waals surface area contributed by atoms with E-state index in [4.69, 9.17) is 15.3 Å². The van der Waals surface area contributed by atoms with Crippen molar-refractivity contribution in [2.45, 2.75) is 59.9 Å². The summed E-state index contributed by atoms with van der Waals surface area (Å²) in [6, 6.07) is 0. The predicted molar refractivity (Wildman–Crippen MR) is 52.1 cm³/mol. The Morgan fingerprint density at radius 2 is 0.538 bits per heavy atom. The van der Waals surface area contributed by atoms with Crippen LogP contribution >= 0.6 is 0 Å². The molecule has 0 aliphatic heterocycles. The first-order valence-corrected chi connectivity index (χ1v) is 4.24. The maximum atomic E-state index is 8.06. The first-order valence-electron chi connectivity index (χ1n) is 4.24. The molecule has 3 nitrogen and oxygen atoms in total. The van der Waals surface area contributed by atoms with Crippen LogP contribution in [0.3, 0.4) is 0 Å². The summed E-state index contributed by atoms with van der Waals surface area (Å²) in [4.78, 5) is 0. The van der Waals surface area contributed by atoms with Crippen molar-refractivity contribution in [2.75, 3.05) is 0 Å². The molecule has 0 aliphatic rings. The fourth-order valence-corrected chi connectivity index (χ4v) is 0. The first kappa shape index (κ1) is 23.4. The molecular formula is C9H24O3Rh. The summed E-state index contributed by atoms with van der Waals surface area (Å²) in [6.45, 7) is 10.3. The van der Waals surface area contributed by atoms with Gasteiger partial charge in [0.2, 0.25) is 0 Å². The number of aliphatic hydroxyl groups excluding tert-OH is 3. The van der Waals surface area contributed by atoms with E-state index in [0.717, 1.165) is 0 Å². The van der Waals surface area contributed by atoms with E-state index in [1.165, 1.54) is 0 Å². The standard InChI is InChI=1S/3C3H8O.Rh/c3*1-3(2)4;/h3*3-4H,1-2H3;. The third-order valence-electron chi connectivity index (χ3n) is 0. The van der Waals surface area contributed by atoms with Crippen molar-refractivity contribution in [1.29, 1.82) is 0 Å². The van der Waals surface area contributed by atoms with E-state index < -0.39 is 0 Å². The van der Waals surface area contributed by atoms with Crippen LogP contribution in [0.1, 0.15) is 41.5 Å². The fraction of sp³-hybridized carbons (Fsp3) is 1.00. The van der Waals surface area contributed by atoms with Crippen LogP contribution in [-0.4, -0.2) is 33.6 Å². The van der Waals surface area contributed by atoms with E-state index in [-0.39, 0.29) is 37.8 Å². The molecule has 0 fully saturated rings. The van der Waals surface area contributed by atoms with Crippen molar-refractivity contribution in [3.05, 3.63) is 0 Å². The van der Waals surface area contributed by atoms with Crippen LogP contribution < -0.4 is 0 Å². The minimum absolute atomic E-state index is 0. The average Bonchev–Trinajstić information content (AvgIpc) is 1.54. The maximum Gasteiger partial charge on any atom is 0.0483 e. The Kier molecular flexibility index (Phi) is 32.9. The number of rotatable bonds is 0. The van der Waals surface area contributed by atoms with Gasteiger partial charge in [0.15, 0.2) is 0 Å². The molecule has 0 aliphatic carbocycles. The number of hydrogen-bond acceptors (Lipinski definition) is 3. The van der Waals surface area contributed by atoms with E-state index in [0.29, 0.717) is 0 Å². The third kappa shape index (κ3) is 5440. The summed E-state index contributed by atoms with van der Waals surface area (Å²) in [7, 11) is 0. The molecule has 0 aromatic heterocycles. The molecule has 0 saturated heterocycles. The molecule has 0 bridgehead atoms. The SMILES string of the molecule is CC(C)O.CC(C)O.CC(C)O.[Rh]. The van der Waals surface area contributed by atoms with Gasteiger partial charge in [-0.1, -0.05) is 0 Å². The fourth-order valence-electron chi connectivity index (χ4n) is 0. The van der Waals surface area contributed by atoms with E-state index in [1.54, 1.807) is 41.5 Å². The molecular weight excluding hydrogens is 259 g/mol. The molecule has 0 amide bonds. The van der Waals surface area contributed by atoms with Crippen LogP contribution in [0, 0.1) is 0 Å². The zero-order valence-corrected chi connectivity index (χ0v) is 11.0. The van der Waals surface area contributed by atoms with Gasteiger partial charge in [-0.3, -0.25) is 0 Å². The third-order valence-corrected chi connectivity index (χ3v) is 0. The topological polar surface area (TPSA) is 60.7 Å². The van der Waals surface area contributed by atoms with Crippen molar-refractivity contribution >= 4 is 0 Å². The van der Waals surface area contributed by atoms with Crippen LogP contribution in [0.2, 0.25) is 0 Å². The Balaban J connectivity index is -0.0000000450. The first-order chi connectivity index (χ1) is 5.20. The molecule has 87 valence electrons. The Morgan fingerprint density at radius 1 is 0.538 bits per heavy atom. The largest absolute Gasteiger partial charge is 0.394 e. The van der Waals surface area contributed by atoms with Gasteiger partial charge in [0.25, 0.3) is 0 Å². The molecule has 0 spiro atoms. The summed E-state index contributed by atoms with van der Waals surface area (Å²) in [6.07, 6.45) is -0.500. The molecule has 1 radical (unpaired) electrons. The second kappa shape index (κ2) is 18.3. The maximum absolute atomic E-state index is 8.06. The second-order valence-corrected chi connectivity index (χ2v) is 3.28. The summed E-state index contributed by atoms with van der Waals surface area (Å²) in [5.74, 6) is 0. The quantitative estimate of drug-likeness (QED) is 0.585. The van der Waals surface area contributed by atoms with Crippen LogP contribution in [0.15, 0.2) is 0 Å². The van der Waals surface area contributed by atoms with Crippen molar-refractivity contribution in [3.8, 4) is 0 Å². The molecule has 0 aromatic carbocycles. The van der Waals surface area contributed by atoms with E-state index >= 15 is 0 Å². The molecule has 0 rings (SSSR count). The average molecular weight is 283 g/mol. The Labute approximate surface area is 94.9 Å². The van der Waals surface area contributed by atoms with Gasteiger partial charge in [-0.05, 0) is 41.5 Å². The monoisotopic (exact) mass is 283 g/mol. The van der Waals surface area contributed by atoms with Crippen LogP contribution in [-0.2, 0) is 19.5 Å². The van der Waals surface area contributed by atoms with E-state index in [1.807, 2.05) is 0 Å². The van der Waals surface area contributed by atoms with Crippen LogP contribution in [0.5, 0.6) is 0 Å². The molecule has 0 unspecified atom stereocenters. The van der Waals surface area contributed by atoms with Crippen LogP contribution in [0.25, 0.3) is 0 Å². The van der Waals surface area contributed by atoms with Gasteiger partial charge in [0, 0.05) is 37.8 Å². The zero-order valence-electron chi connectivity index (χ0n) is 9.41. The van der Waals surface area contributed by atoms with Gasteiger partial charge in [0.1, 0.15) is 0 Å². The summed E-state index contributed by atoms with van der Waals surface area (Å²) in [5.41, 5.74) is 0. The smallest absolute Gasteiger partial charge is 0.0483 e. The van der Waals surface area contributed by atoms with Crippen LogP contribution in [0.4, 0.5) is 0 Å². The summed E-state index contributed by atoms with van der Waals surface area (Å²) >= 11 is 0. The minimum atomic E-state index is -0.167. The van der Waals surface area contributed by atoms with Gasteiger partial charge < -0.3 is 15.3 Å². The normalized spacial score (nSPS) is 8.31. The molecule has 4 heteroatoms. The molecule has 3 N–H and O–H groups in total. The Bertz CT molecular complexity index is 43.4. The molecule has 0 heterocycles. The predicted octanol–water partition coefficient (Wildman–Crippen LogP) is 1.16. The van der Waals surface area contributed by atoms with E-state index in [2.05, 4.69) is 0 Å². The Hall–Kier alpha value is 0.503.